The third-order valence-electron chi connectivity index (χ3n) is 4.10. The molecule has 0 rings (SSSR count). The molecule has 1 atom stereocenters. The zero-order valence-corrected chi connectivity index (χ0v) is 17.2. The summed E-state index contributed by atoms with van der Waals surface area (Å²) in [6, 6.07) is 0. The van der Waals surface area contributed by atoms with E-state index in [1.807, 2.05) is 0 Å². The molecule has 0 saturated carbocycles. The van der Waals surface area contributed by atoms with Gasteiger partial charge in [0.1, 0.15) is 0 Å². The normalized spacial score (nSPS) is 14.2. The van der Waals surface area contributed by atoms with Crippen molar-refractivity contribution in [1.29, 1.82) is 0 Å². The Morgan fingerprint density at radius 3 is 1.50 bits per heavy atom. The maximum Gasteiger partial charge on any atom is 0.472 e. The van der Waals surface area contributed by atoms with Gasteiger partial charge in [-0.3, -0.25) is 9.05 Å². The first kappa shape index (κ1) is 24.1. The molecule has 0 aromatic rings. The molecule has 0 heterocycles. The van der Waals surface area contributed by atoms with Crippen LogP contribution in [0.25, 0.3) is 0 Å². The number of unbranched alkanes of at least 4 members (excludes halogenated alkanes) is 13. The Bertz CT molecular complexity index is 308. The number of phosphoric acid groups is 1. The van der Waals surface area contributed by atoms with Gasteiger partial charge < -0.3 is 4.89 Å². The second-order valence-corrected chi connectivity index (χ2v) is 8.46. The molecule has 0 aliphatic rings. The van der Waals surface area contributed by atoms with Crippen LogP contribution in [-0.4, -0.2) is 17.6 Å². The van der Waals surface area contributed by atoms with Gasteiger partial charge >= 0.3 is 7.82 Å². The van der Waals surface area contributed by atoms with Gasteiger partial charge in [0.25, 0.3) is 0 Å². The quantitative estimate of drug-likeness (QED) is 0.210. The van der Waals surface area contributed by atoms with Crippen LogP contribution in [0.1, 0.15) is 111 Å². The van der Waals surface area contributed by atoms with Crippen molar-refractivity contribution in [1.82, 2.24) is 0 Å². The Morgan fingerprint density at radius 2 is 1.12 bits per heavy atom. The zero-order valence-electron chi connectivity index (χ0n) is 16.3. The Hall–Kier alpha value is 0.110. The maximum absolute atomic E-state index is 11.5. The summed E-state index contributed by atoms with van der Waals surface area (Å²) in [6.07, 6.45) is 17.8. The van der Waals surface area contributed by atoms with E-state index in [0.717, 1.165) is 12.8 Å². The Morgan fingerprint density at radius 1 is 0.750 bits per heavy atom. The molecule has 5 heteroatoms. The number of rotatable bonds is 18. The Labute approximate surface area is 150 Å². The largest absolute Gasteiger partial charge is 0.472 e. The van der Waals surface area contributed by atoms with Gasteiger partial charge in [0.05, 0.1) is 12.7 Å². The minimum Gasteiger partial charge on any atom is -0.302 e. The van der Waals surface area contributed by atoms with E-state index in [1.165, 1.54) is 77.0 Å². The Balaban J connectivity index is 3.19. The molecule has 1 unspecified atom stereocenters. The highest BCUT2D eigenvalue weighted by atomic mass is 31.2. The molecule has 24 heavy (non-hydrogen) atoms. The Kier molecular flexibility index (Phi) is 16.6. The van der Waals surface area contributed by atoms with Crippen molar-refractivity contribution in [2.45, 2.75) is 117 Å². The molecule has 0 aliphatic heterocycles. The first-order valence-electron chi connectivity index (χ1n) is 10.1. The monoisotopic (exact) mass is 364 g/mol. The van der Waals surface area contributed by atoms with Crippen molar-refractivity contribution in [2.24, 2.45) is 0 Å². The molecule has 0 radical (unpaired) electrons. The molecule has 0 bridgehead atoms. The topological polar surface area (TPSA) is 55.8 Å². The van der Waals surface area contributed by atoms with E-state index in [2.05, 4.69) is 6.92 Å². The van der Waals surface area contributed by atoms with Gasteiger partial charge in [0.15, 0.2) is 0 Å². The van der Waals surface area contributed by atoms with E-state index in [1.54, 1.807) is 13.8 Å². The summed E-state index contributed by atoms with van der Waals surface area (Å²) in [5, 5.41) is 0. The highest BCUT2D eigenvalue weighted by Crippen LogP contribution is 2.44. The van der Waals surface area contributed by atoms with Crippen molar-refractivity contribution in [2.75, 3.05) is 6.61 Å². The van der Waals surface area contributed by atoms with Crippen LogP contribution in [0.4, 0.5) is 0 Å². The number of hydrogen-bond acceptors (Lipinski definition) is 3. The van der Waals surface area contributed by atoms with E-state index in [9.17, 15) is 9.46 Å². The third kappa shape index (κ3) is 18.4. The smallest absolute Gasteiger partial charge is 0.302 e. The van der Waals surface area contributed by atoms with E-state index in [0.29, 0.717) is 6.61 Å². The summed E-state index contributed by atoms with van der Waals surface area (Å²) < 4.78 is 21.3. The fourth-order valence-corrected chi connectivity index (χ4v) is 3.73. The predicted molar refractivity (Wildman–Crippen MR) is 102 cm³/mol. The summed E-state index contributed by atoms with van der Waals surface area (Å²) in [7, 11) is -3.84. The minimum absolute atomic E-state index is 0.294. The molecule has 146 valence electrons. The van der Waals surface area contributed by atoms with E-state index < -0.39 is 7.82 Å². The van der Waals surface area contributed by atoms with Crippen molar-refractivity contribution >= 4 is 7.82 Å². The second kappa shape index (κ2) is 16.6. The average molecular weight is 365 g/mol. The lowest BCUT2D eigenvalue weighted by atomic mass is 10.0. The fourth-order valence-electron chi connectivity index (χ4n) is 2.77. The fraction of sp³-hybridized carbons (Fsp3) is 1.00. The van der Waals surface area contributed by atoms with Crippen molar-refractivity contribution in [3.8, 4) is 0 Å². The molecule has 1 N–H and O–H groups in total. The summed E-state index contributed by atoms with van der Waals surface area (Å²) in [5.41, 5.74) is 0. The molecular weight excluding hydrogens is 323 g/mol. The van der Waals surface area contributed by atoms with Crippen LogP contribution in [-0.2, 0) is 13.6 Å². The molecular formula is C19H41O4P. The highest BCUT2D eigenvalue weighted by molar-refractivity contribution is 7.47. The van der Waals surface area contributed by atoms with Crippen LogP contribution >= 0.6 is 7.82 Å². The van der Waals surface area contributed by atoms with E-state index in [4.69, 9.17) is 9.05 Å². The molecule has 0 aromatic heterocycles. The van der Waals surface area contributed by atoms with Crippen LogP contribution in [0.3, 0.4) is 0 Å². The zero-order chi connectivity index (χ0) is 18.1. The first-order chi connectivity index (χ1) is 11.5. The maximum atomic E-state index is 11.5. The van der Waals surface area contributed by atoms with Crippen LogP contribution in [0, 0.1) is 0 Å². The summed E-state index contributed by atoms with van der Waals surface area (Å²) in [5.74, 6) is 0. The van der Waals surface area contributed by atoms with Crippen molar-refractivity contribution in [3.05, 3.63) is 0 Å². The SMILES string of the molecule is CCCCCCCCCCCCCCCCOP(=O)(O)OC(C)C. The summed E-state index contributed by atoms with van der Waals surface area (Å²) >= 11 is 0. The van der Waals surface area contributed by atoms with Crippen molar-refractivity contribution in [3.63, 3.8) is 0 Å². The average Bonchev–Trinajstić information content (AvgIpc) is 2.49. The number of phosphoric ester groups is 1. The molecule has 4 nitrogen and oxygen atoms in total. The lowest BCUT2D eigenvalue weighted by Gasteiger charge is -2.14. The van der Waals surface area contributed by atoms with Crippen molar-refractivity contribution < 1.29 is 18.5 Å². The molecule has 0 spiro atoms. The van der Waals surface area contributed by atoms with Gasteiger partial charge in [-0.1, -0.05) is 90.4 Å². The molecule has 0 saturated heterocycles. The van der Waals surface area contributed by atoms with Crippen LogP contribution < -0.4 is 0 Å². The van der Waals surface area contributed by atoms with Crippen LogP contribution in [0.15, 0.2) is 0 Å². The summed E-state index contributed by atoms with van der Waals surface area (Å²) in [6.45, 7) is 6.01. The van der Waals surface area contributed by atoms with Crippen LogP contribution in [0.2, 0.25) is 0 Å². The van der Waals surface area contributed by atoms with Gasteiger partial charge in [0, 0.05) is 0 Å². The predicted octanol–water partition coefficient (Wildman–Crippen LogP) is 7.01. The molecule has 0 fully saturated rings. The first-order valence-corrected chi connectivity index (χ1v) is 11.6. The molecule has 0 aromatic carbocycles. The van der Waals surface area contributed by atoms with Gasteiger partial charge in [-0.2, -0.15) is 0 Å². The highest BCUT2D eigenvalue weighted by Gasteiger charge is 2.21. The van der Waals surface area contributed by atoms with Gasteiger partial charge in [-0.25, -0.2) is 4.57 Å². The molecule has 0 aliphatic carbocycles. The van der Waals surface area contributed by atoms with Gasteiger partial charge in [-0.05, 0) is 20.3 Å². The molecule has 0 amide bonds. The van der Waals surface area contributed by atoms with Crippen LogP contribution in [0.5, 0.6) is 0 Å². The number of hydrogen-bond donors (Lipinski definition) is 1. The van der Waals surface area contributed by atoms with E-state index >= 15 is 0 Å². The summed E-state index contributed by atoms with van der Waals surface area (Å²) in [4.78, 5) is 9.40. The standard InChI is InChI=1S/C19H41O4P/c1-4-5-6-7-8-9-10-11-12-13-14-15-16-17-18-22-24(20,21)23-19(2)3/h19H,4-18H2,1-3H3,(H,20,21). The minimum atomic E-state index is -3.84. The van der Waals surface area contributed by atoms with Gasteiger partial charge in [0.2, 0.25) is 0 Å². The lowest BCUT2D eigenvalue weighted by molar-refractivity contribution is 0.119. The lowest BCUT2D eigenvalue weighted by Crippen LogP contribution is -2.03. The van der Waals surface area contributed by atoms with Gasteiger partial charge in [-0.15, -0.1) is 0 Å². The second-order valence-electron chi connectivity index (χ2n) is 7.05. The van der Waals surface area contributed by atoms with E-state index in [-0.39, 0.29) is 6.10 Å². The third-order valence-corrected chi connectivity index (χ3v) is 5.29.